The van der Waals surface area contributed by atoms with Gasteiger partial charge in [0.15, 0.2) is 5.60 Å². The van der Waals surface area contributed by atoms with E-state index < -0.39 is 19.2 Å². The number of methoxy groups -OCH3 is 1. The van der Waals surface area contributed by atoms with Crippen molar-refractivity contribution in [2.45, 2.75) is 50.4 Å². The smallest absolute Gasteiger partial charge is 0.404 e. The third-order valence-corrected chi connectivity index (χ3v) is 9.50. The average molecular weight is 479 g/mol. The molecule has 32 heavy (non-hydrogen) atoms. The molecule has 2 aromatic rings. The van der Waals surface area contributed by atoms with Gasteiger partial charge in [-0.05, 0) is 87.0 Å². The molecule has 5 fully saturated rings. The molecule has 172 valence electrons. The van der Waals surface area contributed by atoms with Gasteiger partial charge in [-0.2, -0.15) is 4.89 Å². The Bertz CT molecular complexity index is 1080. The maximum absolute atomic E-state index is 11.8. The number of benzene rings is 1. The quantitative estimate of drug-likeness (QED) is 0.453. The molecule has 1 atom stereocenters. The van der Waals surface area contributed by atoms with Gasteiger partial charge in [0.1, 0.15) is 5.75 Å². The largest absolute Gasteiger partial charge is 0.524 e. The maximum Gasteiger partial charge on any atom is 0.524 e. The summed E-state index contributed by atoms with van der Waals surface area (Å²) in [6.45, 7) is 1.99. The van der Waals surface area contributed by atoms with Crippen molar-refractivity contribution < 1.29 is 33.4 Å². The van der Waals surface area contributed by atoms with E-state index in [1.807, 2.05) is 31.2 Å². The Balaban J connectivity index is 1.46. The molecule has 4 saturated carbocycles. The van der Waals surface area contributed by atoms with Crippen molar-refractivity contribution in [3.8, 4) is 16.2 Å². The summed E-state index contributed by atoms with van der Waals surface area (Å²) in [5, 5.41) is 0. The summed E-state index contributed by atoms with van der Waals surface area (Å²) in [6.07, 6.45) is 5.76. The minimum absolute atomic E-state index is 0.114. The van der Waals surface area contributed by atoms with Gasteiger partial charge in [0.05, 0.1) is 0 Å². The molecule has 4 aliphatic carbocycles. The minimum atomic E-state index is -4.77. The Kier molecular flexibility index (Phi) is 4.74. The highest BCUT2D eigenvalue weighted by Gasteiger charge is 2.76. The monoisotopic (exact) mass is 478 g/mol. The highest BCUT2D eigenvalue weighted by atomic mass is 32.1. The van der Waals surface area contributed by atoms with Gasteiger partial charge in [-0.3, -0.25) is 9.79 Å². The van der Waals surface area contributed by atoms with Gasteiger partial charge in [-0.25, -0.2) is 9.45 Å². The molecule has 2 heterocycles. The Hall–Kier alpha value is -1.25. The average Bonchev–Trinajstić information content (AvgIpc) is 3.12. The van der Waals surface area contributed by atoms with Crippen LogP contribution in [-0.2, 0) is 24.9 Å². The molecule has 4 bridgehead atoms. The van der Waals surface area contributed by atoms with Crippen LogP contribution in [0, 0.1) is 30.6 Å². The molecule has 1 aliphatic heterocycles. The summed E-state index contributed by atoms with van der Waals surface area (Å²) in [5.41, 5.74) is 0.718. The van der Waals surface area contributed by atoms with Crippen LogP contribution in [0.3, 0.4) is 0 Å². The molecule has 9 heteroatoms. The molecule has 7 rings (SSSR count). The van der Waals surface area contributed by atoms with Gasteiger partial charge in [0.2, 0.25) is 0 Å². The van der Waals surface area contributed by atoms with Gasteiger partial charge < -0.3 is 9.26 Å². The fourth-order valence-corrected chi connectivity index (χ4v) is 8.38. The molecule has 1 spiro atoms. The van der Waals surface area contributed by atoms with Gasteiger partial charge in [0.25, 0.3) is 5.79 Å². The van der Waals surface area contributed by atoms with Crippen molar-refractivity contribution in [3.05, 3.63) is 40.8 Å². The van der Waals surface area contributed by atoms with E-state index in [1.54, 1.807) is 13.2 Å². The topological polar surface area (TPSA) is 94.5 Å². The van der Waals surface area contributed by atoms with Crippen LogP contribution < -0.4 is 4.52 Å². The van der Waals surface area contributed by atoms with E-state index in [0.29, 0.717) is 23.0 Å². The zero-order chi connectivity index (χ0) is 22.3. The third-order valence-electron chi connectivity index (χ3n) is 8.03. The van der Waals surface area contributed by atoms with Crippen LogP contribution in [0.25, 0.3) is 10.4 Å². The van der Waals surface area contributed by atoms with Crippen LogP contribution in [0.4, 0.5) is 0 Å². The third kappa shape index (κ3) is 2.94. The second kappa shape index (κ2) is 7.12. The van der Waals surface area contributed by atoms with Crippen molar-refractivity contribution >= 4 is 19.2 Å². The molecule has 1 unspecified atom stereocenters. The predicted molar refractivity (Wildman–Crippen MR) is 118 cm³/mol. The summed E-state index contributed by atoms with van der Waals surface area (Å²) in [5.74, 6) is 1.19. The molecule has 7 nitrogen and oxygen atoms in total. The number of rotatable bonds is 5. The van der Waals surface area contributed by atoms with Crippen molar-refractivity contribution in [2.75, 3.05) is 7.11 Å². The Morgan fingerprint density at radius 2 is 1.72 bits per heavy atom. The molecule has 0 amide bonds. The number of hydrogen-bond acceptors (Lipinski definition) is 6. The first-order valence-corrected chi connectivity index (χ1v) is 13.5. The standard InChI is InChI=1S/C23H27O7PS/c1-13-3-6-21(32-13)19-5-4-16(12-20(19)28-31(24,25)26)23(27-2)22(29-30-23)17-8-14-7-15(10-17)11-18(22)9-14/h3-6,12,14-15,17-18H,7-11H2,1-2H3,(H2,24,25,26). The zero-order valence-electron chi connectivity index (χ0n) is 18.0. The summed E-state index contributed by atoms with van der Waals surface area (Å²) >= 11 is 1.54. The van der Waals surface area contributed by atoms with E-state index in [2.05, 4.69) is 0 Å². The summed E-state index contributed by atoms with van der Waals surface area (Å²) in [4.78, 5) is 32.9. The molecule has 1 saturated heterocycles. The first-order valence-electron chi connectivity index (χ1n) is 11.1. The van der Waals surface area contributed by atoms with Crippen molar-refractivity contribution in [1.82, 2.24) is 0 Å². The summed E-state index contributed by atoms with van der Waals surface area (Å²) < 4.78 is 23.0. The molecular weight excluding hydrogens is 451 g/mol. The number of thiophene rings is 1. The molecule has 5 aliphatic rings. The fraction of sp³-hybridized carbons (Fsp3) is 0.565. The highest BCUT2D eigenvalue weighted by molar-refractivity contribution is 7.46. The normalized spacial score (nSPS) is 37.6. The lowest BCUT2D eigenvalue weighted by Gasteiger charge is -2.68. The van der Waals surface area contributed by atoms with Crippen LogP contribution in [0.2, 0.25) is 0 Å². The maximum atomic E-state index is 11.8. The lowest BCUT2D eigenvalue weighted by Crippen LogP contribution is -2.76. The SMILES string of the molecule is COC1(c2ccc(-c3ccc(C)s3)c(OP(=O)(O)O)c2)OOC12C1CC3CC(C1)CC2C3. The van der Waals surface area contributed by atoms with E-state index in [0.717, 1.165) is 47.3 Å². The number of phosphoric ester groups is 1. The van der Waals surface area contributed by atoms with Gasteiger partial charge in [0, 0.05) is 28.0 Å². The van der Waals surface area contributed by atoms with E-state index in [1.165, 1.54) is 17.8 Å². The Morgan fingerprint density at radius 3 is 2.22 bits per heavy atom. The molecule has 1 aromatic heterocycles. The number of hydrogen-bond donors (Lipinski definition) is 2. The second-order valence-corrected chi connectivity index (χ2v) is 12.2. The summed E-state index contributed by atoms with van der Waals surface area (Å²) in [7, 11) is -3.15. The van der Waals surface area contributed by atoms with Crippen molar-refractivity contribution in [3.63, 3.8) is 0 Å². The first-order chi connectivity index (χ1) is 15.2. The summed E-state index contributed by atoms with van der Waals surface area (Å²) in [6, 6.07) is 9.30. The van der Waals surface area contributed by atoms with Crippen LogP contribution in [0.1, 0.15) is 42.5 Å². The lowest BCUT2D eigenvalue weighted by atomic mass is 9.47. The van der Waals surface area contributed by atoms with E-state index >= 15 is 0 Å². The number of ether oxygens (including phenoxy) is 1. The van der Waals surface area contributed by atoms with Crippen LogP contribution in [-0.4, -0.2) is 22.5 Å². The van der Waals surface area contributed by atoms with E-state index in [9.17, 15) is 14.4 Å². The van der Waals surface area contributed by atoms with Crippen molar-refractivity contribution in [2.24, 2.45) is 23.7 Å². The molecule has 0 radical (unpaired) electrons. The van der Waals surface area contributed by atoms with Gasteiger partial charge in [-0.1, -0.05) is 6.07 Å². The predicted octanol–water partition coefficient (Wildman–Crippen LogP) is 5.15. The molecule has 1 aromatic carbocycles. The lowest BCUT2D eigenvalue weighted by molar-refractivity contribution is -0.645. The van der Waals surface area contributed by atoms with Crippen LogP contribution in [0.5, 0.6) is 5.75 Å². The zero-order valence-corrected chi connectivity index (χ0v) is 19.7. The van der Waals surface area contributed by atoms with Crippen molar-refractivity contribution in [1.29, 1.82) is 0 Å². The first kappa shape index (κ1) is 21.3. The second-order valence-electron chi connectivity index (χ2n) is 9.79. The molecule has 2 N–H and O–H groups in total. The minimum Gasteiger partial charge on any atom is -0.404 e. The Labute approximate surface area is 190 Å². The van der Waals surface area contributed by atoms with Crippen LogP contribution in [0.15, 0.2) is 30.3 Å². The Morgan fingerprint density at radius 1 is 1.03 bits per heavy atom. The van der Waals surface area contributed by atoms with Crippen LogP contribution >= 0.6 is 19.2 Å². The number of aryl methyl sites for hydroxylation is 1. The van der Waals surface area contributed by atoms with E-state index in [-0.39, 0.29) is 5.75 Å². The number of phosphoric acid groups is 1. The fourth-order valence-electron chi connectivity index (χ4n) is 7.07. The van der Waals surface area contributed by atoms with Gasteiger partial charge >= 0.3 is 7.82 Å². The van der Waals surface area contributed by atoms with E-state index in [4.69, 9.17) is 19.0 Å². The molecular formula is C23H27O7PS. The van der Waals surface area contributed by atoms with Gasteiger partial charge in [-0.15, -0.1) is 11.3 Å². The highest BCUT2D eigenvalue weighted by Crippen LogP contribution is 2.69.